The van der Waals surface area contributed by atoms with E-state index in [2.05, 4.69) is 4.99 Å². The number of nitro benzene ring substituents is 1. The largest absolute Gasteiger partial charge is 0.465 e. The van der Waals surface area contributed by atoms with E-state index in [0.717, 1.165) is 5.56 Å². The third-order valence-electron chi connectivity index (χ3n) is 5.72. The first-order valence-electron chi connectivity index (χ1n) is 9.64. The lowest BCUT2D eigenvalue weighted by Gasteiger charge is -2.45. The molecule has 3 atom stereocenters. The third-order valence-corrected chi connectivity index (χ3v) is 6.70. The van der Waals surface area contributed by atoms with Crippen LogP contribution in [0.3, 0.4) is 0 Å². The number of nitro groups is 1. The first-order valence-corrected chi connectivity index (χ1v) is 10.5. The van der Waals surface area contributed by atoms with Crippen LogP contribution in [0.1, 0.15) is 31.0 Å². The van der Waals surface area contributed by atoms with Gasteiger partial charge in [-0.05, 0) is 43.7 Å². The Morgan fingerprint density at radius 3 is 2.65 bits per heavy atom. The predicted octanol–water partition coefficient (Wildman–Crippen LogP) is 2.18. The minimum atomic E-state index is -1.10. The SMILES string of the molecule is CC(=O)[C@H]1[C@H]2c3ccccc3O[C@]1(C)N=c1s/c(=C\c3ccc([N+](=O)[O-])cc3)c(=O)n12. The van der Waals surface area contributed by atoms with Gasteiger partial charge in [-0.25, -0.2) is 4.99 Å². The fraction of sp³-hybridized carbons (Fsp3) is 0.227. The molecule has 0 unspecified atom stereocenters. The van der Waals surface area contributed by atoms with Crippen LogP contribution in [0.5, 0.6) is 5.75 Å². The van der Waals surface area contributed by atoms with E-state index in [4.69, 9.17) is 4.74 Å². The van der Waals surface area contributed by atoms with E-state index in [1.807, 2.05) is 24.3 Å². The maximum atomic E-state index is 13.4. The highest BCUT2D eigenvalue weighted by Gasteiger charge is 2.53. The summed E-state index contributed by atoms with van der Waals surface area (Å²) in [6.45, 7) is 3.27. The number of para-hydroxylation sites is 1. The lowest BCUT2D eigenvalue weighted by molar-refractivity contribution is -0.384. The predicted molar refractivity (Wildman–Crippen MR) is 114 cm³/mol. The van der Waals surface area contributed by atoms with E-state index in [1.54, 1.807) is 29.7 Å². The number of hydrogen-bond acceptors (Lipinski definition) is 7. The van der Waals surface area contributed by atoms with Crippen molar-refractivity contribution in [3.8, 4) is 5.75 Å². The Kier molecular flexibility index (Phi) is 4.19. The number of fused-ring (bicyclic) bond motifs is 6. The summed E-state index contributed by atoms with van der Waals surface area (Å²) in [5.41, 5.74) is 0.0625. The van der Waals surface area contributed by atoms with Gasteiger partial charge < -0.3 is 4.74 Å². The zero-order chi connectivity index (χ0) is 21.9. The highest BCUT2D eigenvalue weighted by Crippen LogP contribution is 2.47. The number of rotatable bonds is 3. The molecule has 0 amide bonds. The van der Waals surface area contributed by atoms with Gasteiger partial charge in [0.1, 0.15) is 17.5 Å². The molecule has 0 saturated carbocycles. The maximum Gasteiger partial charge on any atom is 0.270 e. The number of Topliss-reactive ketones (excluding diaryl/α,β-unsaturated/α-hetero) is 1. The van der Waals surface area contributed by atoms with Crippen molar-refractivity contribution < 1.29 is 14.5 Å². The first kappa shape index (κ1) is 19.4. The van der Waals surface area contributed by atoms with E-state index in [0.29, 0.717) is 20.6 Å². The van der Waals surface area contributed by atoms with Gasteiger partial charge in [-0.1, -0.05) is 29.5 Å². The highest BCUT2D eigenvalue weighted by atomic mass is 32.1. The Bertz CT molecular complexity index is 1420. The Balaban J connectivity index is 1.74. The third kappa shape index (κ3) is 2.92. The van der Waals surface area contributed by atoms with Crippen LogP contribution in [0.15, 0.2) is 58.3 Å². The van der Waals surface area contributed by atoms with E-state index >= 15 is 0 Å². The molecule has 2 aliphatic heterocycles. The standard InChI is InChI=1S/C22H17N3O5S/c1-12(26)18-19-15-5-3-4-6-16(15)30-22(18,2)23-21-24(19)20(27)17(31-21)11-13-7-9-14(10-8-13)25(28)29/h3-11,18-19H,1-2H3/b17-11-/t18-,19+,22-/m0/s1. The molecule has 0 fully saturated rings. The van der Waals surface area contributed by atoms with Crippen molar-refractivity contribution in [1.82, 2.24) is 4.57 Å². The summed E-state index contributed by atoms with van der Waals surface area (Å²) in [4.78, 5) is 41.6. The van der Waals surface area contributed by atoms with Gasteiger partial charge in [0.25, 0.3) is 11.2 Å². The molecule has 3 aromatic rings. The zero-order valence-electron chi connectivity index (χ0n) is 16.6. The molecule has 2 aliphatic rings. The Morgan fingerprint density at radius 1 is 1.26 bits per heavy atom. The van der Waals surface area contributed by atoms with Crippen molar-refractivity contribution in [2.75, 3.05) is 0 Å². The lowest BCUT2D eigenvalue weighted by Crippen LogP contribution is -2.58. The summed E-state index contributed by atoms with van der Waals surface area (Å²) in [5, 5.41) is 10.9. The fourth-order valence-corrected chi connectivity index (χ4v) is 5.50. The number of ether oxygens (including phenoxy) is 1. The van der Waals surface area contributed by atoms with Crippen LogP contribution in [0.4, 0.5) is 5.69 Å². The Hall–Kier alpha value is -3.59. The number of hydrogen-bond donors (Lipinski definition) is 0. The molecule has 31 heavy (non-hydrogen) atoms. The molecule has 2 aromatic carbocycles. The zero-order valence-corrected chi connectivity index (χ0v) is 17.5. The van der Waals surface area contributed by atoms with Crippen LogP contribution >= 0.6 is 11.3 Å². The minimum absolute atomic E-state index is 0.0193. The van der Waals surface area contributed by atoms with Crippen LogP contribution in [0, 0.1) is 16.0 Å². The summed E-state index contributed by atoms with van der Waals surface area (Å²) >= 11 is 1.21. The number of carbonyl (C=O) groups excluding carboxylic acids is 1. The van der Waals surface area contributed by atoms with Gasteiger partial charge >= 0.3 is 0 Å². The van der Waals surface area contributed by atoms with Crippen molar-refractivity contribution in [2.24, 2.45) is 10.9 Å². The van der Waals surface area contributed by atoms with E-state index < -0.39 is 22.6 Å². The molecule has 0 N–H and O–H groups in total. The number of non-ortho nitro benzene ring substituents is 1. The molecule has 5 rings (SSSR count). The van der Waals surface area contributed by atoms with E-state index in [1.165, 1.54) is 30.4 Å². The number of nitrogens with zero attached hydrogens (tertiary/aromatic N) is 3. The van der Waals surface area contributed by atoms with Crippen molar-refractivity contribution in [3.63, 3.8) is 0 Å². The van der Waals surface area contributed by atoms with E-state index in [-0.39, 0.29) is 17.0 Å². The molecule has 9 heteroatoms. The average molecular weight is 435 g/mol. The monoisotopic (exact) mass is 435 g/mol. The van der Waals surface area contributed by atoms with Crippen molar-refractivity contribution in [2.45, 2.75) is 25.6 Å². The summed E-state index contributed by atoms with van der Waals surface area (Å²) in [6.07, 6.45) is 1.68. The van der Waals surface area contributed by atoms with Crippen LogP contribution in [0.25, 0.3) is 6.08 Å². The fourth-order valence-electron chi connectivity index (χ4n) is 4.40. The Morgan fingerprint density at radius 2 is 1.97 bits per heavy atom. The normalized spacial score (nSPS) is 23.9. The first-order chi connectivity index (χ1) is 14.8. The molecular weight excluding hydrogens is 418 g/mol. The van der Waals surface area contributed by atoms with Gasteiger partial charge in [0.05, 0.1) is 15.5 Å². The topological polar surface area (TPSA) is 104 Å². The molecule has 1 aromatic heterocycles. The minimum Gasteiger partial charge on any atom is -0.465 e. The van der Waals surface area contributed by atoms with E-state index in [9.17, 15) is 19.7 Å². The summed E-state index contributed by atoms with van der Waals surface area (Å²) in [6, 6.07) is 12.8. The van der Waals surface area contributed by atoms with Crippen LogP contribution in [-0.4, -0.2) is 21.0 Å². The number of thiazole rings is 1. The second kappa shape index (κ2) is 6.71. The molecule has 2 bridgehead atoms. The van der Waals surface area contributed by atoms with Gasteiger partial charge in [0, 0.05) is 17.7 Å². The van der Waals surface area contributed by atoms with Crippen molar-refractivity contribution in [3.05, 3.63) is 89.5 Å². The maximum absolute atomic E-state index is 13.4. The number of benzene rings is 2. The molecule has 0 aliphatic carbocycles. The van der Waals surface area contributed by atoms with Gasteiger partial charge in [0.2, 0.25) is 5.72 Å². The molecule has 0 spiro atoms. The van der Waals surface area contributed by atoms with Gasteiger partial charge in [0.15, 0.2) is 4.80 Å². The van der Waals surface area contributed by atoms with Gasteiger partial charge in [-0.15, -0.1) is 0 Å². The van der Waals surface area contributed by atoms with Crippen molar-refractivity contribution >= 4 is 28.9 Å². The van der Waals surface area contributed by atoms with Crippen molar-refractivity contribution in [1.29, 1.82) is 0 Å². The van der Waals surface area contributed by atoms with Crippen LogP contribution in [-0.2, 0) is 4.79 Å². The summed E-state index contributed by atoms with van der Waals surface area (Å²) in [7, 11) is 0. The smallest absolute Gasteiger partial charge is 0.270 e. The quantitative estimate of drug-likeness (QED) is 0.463. The molecule has 156 valence electrons. The highest BCUT2D eigenvalue weighted by molar-refractivity contribution is 7.07. The van der Waals surface area contributed by atoms with Crippen LogP contribution < -0.4 is 19.6 Å². The molecule has 8 nitrogen and oxygen atoms in total. The molecular formula is C22H17N3O5S. The van der Waals surface area contributed by atoms with Gasteiger partial charge in [-0.3, -0.25) is 24.3 Å². The number of aromatic nitrogens is 1. The second-order valence-electron chi connectivity index (χ2n) is 7.76. The molecule has 3 heterocycles. The molecule has 0 saturated heterocycles. The second-order valence-corrected chi connectivity index (χ2v) is 8.77. The molecule has 0 radical (unpaired) electrons. The lowest BCUT2D eigenvalue weighted by atomic mass is 9.79. The number of carbonyl (C=O) groups is 1. The summed E-state index contributed by atoms with van der Waals surface area (Å²) in [5.74, 6) is -0.120. The number of ketones is 1. The summed E-state index contributed by atoms with van der Waals surface area (Å²) < 4.78 is 8.17. The van der Waals surface area contributed by atoms with Gasteiger partial charge in [-0.2, -0.15) is 0 Å². The average Bonchev–Trinajstić information content (AvgIpc) is 3.01. The van der Waals surface area contributed by atoms with Crippen LogP contribution in [0.2, 0.25) is 0 Å². The Labute approximate surface area is 179 Å².